The summed E-state index contributed by atoms with van der Waals surface area (Å²) in [7, 11) is 0. The highest BCUT2D eigenvalue weighted by atomic mass is 79.9. The molecule has 2 nitrogen and oxygen atoms in total. The van der Waals surface area contributed by atoms with Crippen LogP contribution in [0.3, 0.4) is 0 Å². The second kappa shape index (κ2) is 5.10. The smallest absolute Gasteiger partial charge is 0.134 e. The molecule has 19 heavy (non-hydrogen) atoms. The number of furan rings is 1. The van der Waals surface area contributed by atoms with Crippen molar-refractivity contribution < 1.29 is 4.42 Å². The lowest BCUT2D eigenvalue weighted by Crippen LogP contribution is -1.99. The summed E-state index contributed by atoms with van der Waals surface area (Å²) in [5.41, 5.74) is 3.28. The minimum Gasteiger partial charge on any atom is -0.459 e. The number of rotatable bonds is 3. The third kappa shape index (κ3) is 2.66. The van der Waals surface area contributed by atoms with Gasteiger partial charge in [-0.15, -0.1) is 0 Å². The van der Waals surface area contributed by atoms with Gasteiger partial charge in [0.2, 0.25) is 0 Å². The summed E-state index contributed by atoms with van der Waals surface area (Å²) in [6, 6.07) is 16.4. The van der Waals surface area contributed by atoms with Gasteiger partial charge in [-0.1, -0.05) is 40.2 Å². The maximum absolute atomic E-state index is 5.79. The van der Waals surface area contributed by atoms with Crippen molar-refractivity contribution in [1.82, 2.24) is 0 Å². The summed E-state index contributed by atoms with van der Waals surface area (Å²) >= 11 is 3.49. The molecule has 0 spiro atoms. The van der Waals surface area contributed by atoms with E-state index < -0.39 is 0 Å². The predicted molar refractivity (Wildman–Crippen MR) is 82.4 cm³/mol. The van der Waals surface area contributed by atoms with Gasteiger partial charge in [-0.05, 0) is 36.8 Å². The van der Waals surface area contributed by atoms with Gasteiger partial charge in [-0.2, -0.15) is 0 Å². The molecule has 0 atom stereocenters. The first-order valence-electron chi connectivity index (χ1n) is 6.20. The molecule has 1 aromatic heterocycles. The molecule has 0 amide bonds. The SMILES string of the molecule is Cc1ccc(Br)cc1NCc1cc2ccccc2o1. The minimum atomic E-state index is 0.686. The highest BCUT2D eigenvalue weighted by Gasteiger charge is 2.04. The predicted octanol–water partition coefficient (Wildman–Crippen LogP) is 5.12. The molecule has 1 N–H and O–H groups in total. The number of hydrogen-bond donors (Lipinski definition) is 1. The standard InChI is InChI=1S/C16H14BrNO/c1-11-6-7-13(17)9-15(11)18-10-14-8-12-4-2-3-5-16(12)19-14/h2-9,18H,10H2,1H3. The number of anilines is 1. The molecule has 1 heterocycles. The summed E-state index contributed by atoms with van der Waals surface area (Å²) in [6.45, 7) is 2.78. The van der Waals surface area contributed by atoms with Crippen LogP contribution in [0.5, 0.6) is 0 Å². The molecule has 0 unspecified atom stereocenters. The van der Waals surface area contributed by atoms with Crippen LogP contribution in [0.4, 0.5) is 5.69 Å². The Hall–Kier alpha value is -1.74. The lowest BCUT2D eigenvalue weighted by Gasteiger charge is -2.08. The van der Waals surface area contributed by atoms with E-state index in [1.165, 1.54) is 5.56 Å². The van der Waals surface area contributed by atoms with Crippen LogP contribution >= 0.6 is 15.9 Å². The molecule has 96 valence electrons. The molecule has 3 heteroatoms. The highest BCUT2D eigenvalue weighted by Crippen LogP contribution is 2.23. The molecule has 3 aromatic rings. The Bertz CT molecular complexity index is 685. The first kappa shape index (κ1) is 12.3. The number of benzene rings is 2. The number of nitrogens with one attached hydrogen (secondary N) is 1. The zero-order valence-electron chi connectivity index (χ0n) is 10.6. The number of fused-ring (bicyclic) bond motifs is 1. The molecular formula is C16H14BrNO. The minimum absolute atomic E-state index is 0.686. The molecule has 0 bridgehead atoms. The van der Waals surface area contributed by atoms with E-state index in [2.05, 4.69) is 52.4 Å². The number of halogens is 1. The Morgan fingerprint density at radius 1 is 1.11 bits per heavy atom. The van der Waals surface area contributed by atoms with Crippen LogP contribution in [-0.4, -0.2) is 0 Å². The van der Waals surface area contributed by atoms with Gasteiger partial charge >= 0.3 is 0 Å². The summed E-state index contributed by atoms with van der Waals surface area (Å²) in [5.74, 6) is 0.945. The van der Waals surface area contributed by atoms with Crippen molar-refractivity contribution in [3.05, 3.63) is 64.3 Å². The van der Waals surface area contributed by atoms with Crippen LogP contribution in [0.25, 0.3) is 11.0 Å². The Labute approximate surface area is 120 Å². The Kier molecular flexibility index (Phi) is 3.30. The van der Waals surface area contributed by atoms with Crippen molar-refractivity contribution >= 4 is 32.6 Å². The lowest BCUT2D eigenvalue weighted by molar-refractivity contribution is 0.559. The third-order valence-corrected chi connectivity index (χ3v) is 3.62. The first-order chi connectivity index (χ1) is 9.22. The summed E-state index contributed by atoms with van der Waals surface area (Å²) in [6.07, 6.45) is 0. The highest BCUT2D eigenvalue weighted by molar-refractivity contribution is 9.10. The summed E-state index contributed by atoms with van der Waals surface area (Å²) < 4.78 is 6.86. The fourth-order valence-electron chi connectivity index (χ4n) is 2.09. The maximum Gasteiger partial charge on any atom is 0.134 e. The maximum atomic E-state index is 5.79. The number of para-hydroxylation sites is 1. The Balaban J connectivity index is 1.80. The van der Waals surface area contributed by atoms with Crippen LogP contribution in [0.1, 0.15) is 11.3 Å². The van der Waals surface area contributed by atoms with Gasteiger partial charge < -0.3 is 9.73 Å². The molecule has 0 fully saturated rings. The second-order valence-corrected chi connectivity index (χ2v) is 5.48. The molecule has 0 aliphatic carbocycles. The van der Waals surface area contributed by atoms with Gasteiger partial charge in [0.25, 0.3) is 0 Å². The first-order valence-corrected chi connectivity index (χ1v) is 6.99. The second-order valence-electron chi connectivity index (χ2n) is 4.56. The largest absolute Gasteiger partial charge is 0.459 e. The molecule has 0 aliphatic heterocycles. The van der Waals surface area contributed by atoms with E-state index in [1.54, 1.807) is 0 Å². The number of hydrogen-bond acceptors (Lipinski definition) is 2. The third-order valence-electron chi connectivity index (χ3n) is 3.13. The van der Waals surface area contributed by atoms with Crippen molar-refractivity contribution in [2.75, 3.05) is 5.32 Å². The van der Waals surface area contributed by atoms with Gasteiger partial charge in [0.15, 0.2) is 0 Å². The van der Waals surface area contributed by atoms with E-state index in [0.717, 1.165) is 26.9 Å². The topological polar surface area (TPSA) is 25.2 Å². The van der Waals surface area contributed by atoms with Gasteiger partial charge in [-0.3, -0.25) is 0 Å². The van der Waals surface area contributed by atoms with E-state index in [0.29, 0.717) is 6.54 Å². The zero-order valence-corrected chi connectivity index (χ0v) is 12.2. The zero-order chi connectivity index (χ0) is 13.2. The molecule has 3 rings (SSSR count). The van der Waals surface area contributed by atoms with Crippen LogP contribution in [-0.2, 0) is 6.54 Å². The average molecular weight is 316 g/mol. The molecule has 0 aliphatic rings. The average Bonchev–Trinajstić information content (AvgIpc) is 2.82. The molecular weight excluding hydrogens is 302 g/mol. The Morgan fingerprint density at radius 3 is 2.79 bits per heavy atom. The quantitative estimate of drug-likeness (QED) is 0.726. The van der Waals surface area contributed by atoms with Gasteiger partial charge in [0.05, 0.1) is 6.54 Å². The van der Waals surface area contributed by atoms with Crippen LogP contribution < -0.4 is 5.32 Å². The van der Waals surface area contributed by atoms with E-state index in [1.807, 2.05) is 24.3 Å². The fourth-order valence-corrected chi connectivity index (χ4v) is 2.45. The van der Waals surface area contributed by atoms with Crippen molar-refractivity contribution in [3.8, 4) is 0 Å². The summed E-state index contributed by atoms with van der Waals surface area (Å²) in [5, 5.41) is 4.55. The number of aryl methyl sites for hydroxylation is 1. The van der Waals surface area contributed by atoms with Gasteiger partial charge in [-0.25, -0.2) is 0 Å². The van der Waals surface area contributed by atoms with E-state index in [9.17, 15) is 0 Å². The van der Waals surface area contributed by atoms with E-state index >= 15 is 0 Å². The van der Waals surface area contributed by atoms with Crippen molar-refractivity contribution in [2.45, 2.75) is 13.5 Å². The van der Waals surface area contributed by atoms with Crippen LogP contribution in [0.2, 0.25) is 0 Å². The normalized spacial score (nSPS) is 10.8. The van der Waals surface area contributed by atoms with E-state index in [-0.39, 0.29) is 0 Å². The molecule has 0 radical (unpaired) electrons. The summed E-state index contributed by atoms with van der Waals surface area (Å²) in [4.78, 5) is 0. The van der Waals surface area contributed by atoms with E-state index in [4.69, 9.17) is 4.42 Å². The van der Waals surface area contributed by atoms with Gasteiger partial charge in [0, 0.05) is 15.5 Å². The van der Waals surface area contributed by atoms with Gasteiger partial charge in [0.1, 0.15) is 11.3 Å². The van der Waals surface area contributed by atoms with Crippen molar-refractivity contribution in [1.29, 1.82) is 0 Å². The van der Waals surface area contributed by atoms with Crippen molar-refractivity contribution in [2.24, 2.45) is 0 Å². The van der Waals surface area contributed by atoms with Crippen molar-refractivity contribution in [3.63, 3.8) is 0 Å². The molecule has 2 aromatic carbocycles. The van der Waals surface area contributed by atoms with Crippen LogP contribution in [0.15, 0.2) is 57.4 Å². The Morgan fingerprint density at radius 2 is 1.95 bits per heavy atom. The fraction of sp³-hybridized carbons (Fsp3) is 0.125. The monoisotopic (exact) mass is 315 g/mol. The lowest BCUT2D eigenvalue weighted by atomic mass is 10.2. The van der Waals surface area contributed by atoms with Crippen LogP contribution in [0, 0.1) is 6.92 Å². The molecule has 0 saturated carbocycles. The molecule has 0 saturated heterocycles.